The van der Waals surface area contributed by atoms with Crippen LogP contribution in [-0.2, 0) is 21.4 Å². The molecule has 0 aliphatic carbocycles. The van der Waals surface area contributed by atoms with Crippen molar-refractivity contribution < 1.29 is 23.1 Å². The summed E-state index contributed by atoms with van der Waals surface area (Å²) >= 11 is 3.36. The highest BCUT2D eigenvalue weighted by molar-refractivity contribution is 9.10. The predicted molar refractivity (Wildman–Crippen MR) is 124 cm³/mol. The molecule has 0 fully saturated rings. The topological polar surface area (TPSA) is 96.8 Å². The number of pyridine rings is 1. The fourth-order valence-electron chi connectivity index (χ4n) is 3.20. The molecule has 168 valence electrons. The van der Waals surface area contributed by atoms with Crippen LogP contribution in [0.2, 0.25) is 0 Å². The number of nitrogens with zero attached hydrogens (tertiary/aromatic N) is 2. The third-order valence-corrected chi connectivity index (χ3v) is 7.11. The third-order valence-electron chi connectivity index (χ3n) is 4.74. The lowest BCUT2D eigenvalue weighted by molar-refractivity contribution is -0.143. The highest BCUT2D eigenvalue weighted by Gasteiger charge is 2.38. The van der Waals surface area contributed by atoms with Gasteiger partial charge in [-0.15, -0.1) is 0 Å². The number of aromatic nitrogens is 1. The molecule has 1 N–H and O–H groups in total. The minimum absolute atomic E-state index is 0.0172. The van der Waals surface area contributed by atoms with Gasteiger partial charge in [-0.1, -0.05) is 35.8 Å². The Bertz CT molecular complexity index is 1150. The number of carbonyl (C=O) groups is 1. The maximum atomic E-state index is 13.5. The molecule has 0 bridgehead atoms. The van der Waals surface area contributed by atoms with Crippen molar-refractivity contribution >= 4 is 31.9 Å². The Balaban J connectivity index is 1.92. The van der Waals surface area contributed by atoms with Gasteiger partial charge in [0.05, 0.1) is 4.90 Å². The number of carboxylic acids is 1. The van der Waals surface area contributed by atoms with E-state index >= 15 is 0 Å². The van der Waals surface area contributed by atoms with Crippen LogP contribution in [0.5, 0.6) is 11.5 Å². The van der Waals surface area contributed by atoms with Crippen molar-refractivity contribution in [1.29, 1.82) is 0 Å². The largest absolute Gasteiger partial charge is 0.480 e. The first-order valence-corrected chi connectivity index (χ1v) is 12.1. The van der Waals surface area contributed by atoms with E-state index in [-0.39, 0.29) is 11.4 Å². The molecule has 1 atom stereocenters. The predicted octanol–water partition coefficient (Wildman–Crippen LogP) is 4.94. The number of rotatable bonds is 9. The second kappa shape index (κ2) is 10.2. The van der Waals surface area contributed by atoms with E-state index in [2.05, 4.69) is 20.9 Å². The van der Waals surface area contributed by atoms with Gasteiger partial charge in [-0.3, -0.25) is 9.78 Å². The average molecular weight is 519 g/mol. The molecule has 0 spiro atoms. The standard InChI is InChI=1S/C23H23BrN2O5S/c1-16(2)22(23(27)28)26(15-17-4-3-13-25-14-17)32(29,30)21-11-9-20(10-12-21)31-19-7-5-18(24)6-8-19/h3-14,16,22H,15H2,1-2H3,(H,27,28)/t22-/m1/s1. The Labute approximate surface area is 195 Å². The molecule has 0 aliphatic heterocycles. The van der Waals surface area contributed by atoms with E-state index in [4.69, 9.17) is 4.74 Å². The fourth-order valence-corrected chi connectivity index (χ4v) is 5.17. The summed E-state index contributed by atoms with van der Waals surface area (Å²) in [4.78, 5) is 16.0. The smallest absolute Gasteiger partial charge is 0.322 e. The first-order valence-electron chi connectivity index (χ1n) is 9.85. The molecule has 0 radical (unpaired) electrons. The van der Waals surface area contributed by atoms with Gasteiger partial charge in [0.25, 0.3) is 0 Å². The van der Waals surface area contributed by atoms with E-state index in [9.17, 15) is 18.3 Å². The molecule has 1 aromatic heterocycles. The number of benzene rings is 2. The molecular formula is C23H23BrN2O5S. The summed E-state index contributed by atoms with van der Waals surface area (Å²) < 4.78 is 34.7. The molecule has 0 saturated carbocycles. The monoisotopic (exact) mass is 518 g/mol. The van der Waals surface area contributed by atoms with Crippen LogP contribution in [0.1, 0.15) is 19.4 Å². The zero-order valence-corrected chi connectivity index (χ0v) is 20.0. The maximum absolute atomic E-state index is 13.5. The Hall–Kier alpha value is -2.75. The fraction of sp³-hybridized carbons (Fsp3) is 0.217. The van der Waals surface area contributed by atoms with Crippen LogP contribution < -0.4 is 4.74 Å². The van der Waals surface area contributed by atoms with E-state index in [1.54, 1.807) is 56.4 Å². The molecule has 2 aromatic carbocycles. The summed E-state index contributed by atoms with van der Waals surface area (Å²) in [6, 6.07) is 15.3. The van der Waals surface area contributed by atoms with Crippen molar-refractivity contribution in [3.05, 3.63) is 83.1 Å². The Morgan fingerprint density at radius 2 is 1.66 bits per heavy atom. The van der Waals surface area contributed by atoms with Gasteiger partial charge in [-0.2, -0.15) is 4.31 Å². The Morgan fingerprint density at radius 3 is 2.16 bits per heavy atom. The molecule has 0 aliphatic rings. The summed E-state index contributed by atoms with van der Waals surface area (Å²) in [7, 11) is -4.12. The second-order valence-electron chi connectivity index (χ2n) is 7.47. The summed E-state index contributed by atoms with van der Waals surface area (Å²) in [5.74, 6) is -0.585. The quantitative estimate of drug-likeness (QED) is 0.431. The number of hydrogen-bond donors (Lipinski definition) is 1. The molecule has 3 aromatic rings. The van der Waals surface area contributed by atoms with Crippen molar-refractivity contribution in [3.63, 3.8) is 0 Å². The van der Waals surface area contributed by atoms with E-state index in [0.29, 0.717) is 17.1 Å². The minimum atomic E-state index is -4.12. The number of ether oxygens (including phenoxy) is 1. The van der Waals surface area contributed by atoms with Crippen LogP contribution >= 0.6 is 15.9 Å². The lowest BCUT2D eigenvalue weighted by Crippen LogP contribution is -2.47. The molecule has 9 heteroatoms. The van der Waals surface area contributed by atoms with Gasteiger partial charge in [0.1, 0.15) is 17.5 Å². The van der Waals surface area contributed by atoms with Crippen LogP contribution in [0.15, 0.2) is 82.4 Å². The van der Waals surface area contributed by atoms with Gasteiger partial charge >= 0.3 is 5.97 Å². The summed E-state index contributed by atoms with van der Waals surface area (Å²) in [5, 5.41) is 9.78. The molecule has 1 heterocycles. The van der Waals surface area contributed by atoms with Crippen LogP contribution in [0.25, 0.3) is 0 Å². The van der Waals surface area contributed by atoms with E-state index in [0.717, 1.165) is 8.78 Å². The number of sulfonamides is 1. The first-order chi connectivity index (χ1) is 15.2. The highest BCUT2D eigenvalue weighted by atomic mass is 79.9. The first kappa shape index (κ1) is 23.9. The van der Waals surface area contributed by atoms with Gasteiger partial charge in [0, 0.05) is 23.4 Å². The molecule has 0 amide bonds. The highest BCUT2D eigenvalue weighted by Crippen LogP contribution is 2.28. The summed E-state index contributed by atoms with van der Waals surface area (Å²) in [6.07, 6.45) is 3.10. The lowest BCUT2D eigenvalue weighted by Gasteiger charge is -2.30. The van der Waals surface area contributed by atoms with E-state index in [1.165, 1.54) is 18.3 Å². The van der Waals surface area contributed by atoms with Crippen molar-refractivity contribution in [1.82, 2.24) is 9.29 Å². The minimum Gasteiger partial charge on any atom is -0.480 e. The van der Waals surface area contributed by atoms with Crippen LogP contribution in [-0.4, -0.2) is 34.8 Å². The molecule has 7 nitrogen and oxygen atoms in total. The van der Waals surface area contributed by atoms with Gasteiger partial charge in [-0.25, -0.2) is 8.42 Å². The second-order valence-corrected chi connectivity index (χ2v) is 10.3. The normalized spacial score (nSPS) is 12.7. The van der Waals surface area contributed by atoms with E-state index in [1.807, 2.05) is 12.1 Å². The molecule has 32 heavy (non-hydrogen) atoms. The number of aliphatic carboxylic acids is 1. The van der Waals surface area contributed by atoms with Crippen molar-refractivity contribution in [2.75, 3.05) is 0 Å². The van der Waals surface area contributed by atoms with Crippen LogP contribution in [0.4, 0.5) is 0 Å². The molecule has 0 saturated heterocycles. The average Bonchev–Trinajstić information content (AvgIpc) is 2.75. The SMILES string of the molecule is CC(C)[C@H](C(=O)O)N(Cc1cccnc1)S(=O)(=O)c1ccc(Oc2ccc(Br)cc2)cc1. The molecule has 0 unspecified atom stereocenters. The maximum Gasteiger partial charge on any atom is 0.322 e. The summed E-state index contributed by atoms with van der Waals surface area (Å²) in [5.41, 5.74) is 0.596. The Morgan fingerprint density at radius 1 is 1.06 bits per heavy atom. The Kier molecular flexibility index (Phi) is 7.65. The van der Waals surface area contributed by atoms with Crippen molar-refractivity contribution in [2.24, 2.45) is 5.92 Å². The van der Waals surface area contributed by atoms with Gasteiger partial charge in [0.2, 0.25) is 10.0 Å². The van der Waals surface area contributed by atoms with Crippen LogP contribution in [0, 0.1) is 5.92 Å². The molecule has 3 rings (SSSR count). The molecular weight excluding hydrogens is 496 g/mol. The number of halogens is 1. The van der Waals surface area contributed by atoms with Gasteiger partial charge < -0.3 is 9.84 Å². The van der Waals surface area contributed by atoms with Crippen molar-refractivity contribution in [3.8, 4) is 11.5 Å². The number of hydrogen-bond acceptors (Lipinski definition) is 5. The van der Waals surface area contributed by atoms with Crippen molar-refractivity contribution in [2.45, 2.75) is 31.3 Å². The lowest BCUT2D eigenvalue weighted by atomic mass is 10.0. The summed E-state index contributed by atoms with van der Waals surface area (Å²) in [6.45, 7) is 3.25. The van der Waals surface area contributed by atoms with Gasteiger partial charge in [-0.05, 0) is 66.1 Å². The van der Waals surface area contributed by atoms with Crippen LogP contribution in [0.3, 0.4) is 0 Å². The third kappa shape index (κ3) is 5.73. The van der Waals surface area contributed by atoms with Gasteiger partial charge in [0.15, 0.2) is 0 Å². The van der Waals surface area contributed by atoms with E-state index < -0.39 is 28.0 Å². The zero-order chi connectivity index (χ0) is 23.3. The number of carboxylic acid groups (broad SMARTS) is 1. The zero-order valence-electron chi connectivity index (χ0n) is 17.6.